The Bertz CT molecular complexity index is 163. The predicted octanol–water partition coefficient (Wildman–Crippen LogP) is 1.90. The monoisotopic (exact) mass is 183 g/mol. The molecule has 13 heavy (non-hydrogen) atoms. The number of likely N-dealkylation sites (tertiary alicyclic amines) is 1. The zero-order valence-electron chi connectivity index (χ0n) is 8.83. The second kappa shape index (κ2) is 3.97. The molecule has 2 aliphatic rings. The first-order chi connectivity index (χ1) is 6.27. The number of hydrogen-bond acceptors (Lipinski definition) is 2. The van der Waals surface area contributed by atoms with Crippen LogP contribution in [0.3, 0.4) is 0 Å². The molecule has 2 saturated heterocycles. The molecule has 2 fully saturated rings. The maximum Gasteiger partial charge on any atom is 0.0702 e. The Hall–Kier alpha value is -0.0800. The van der Waals surface area contributed by atoms with Crippen molar-refractivity contribution in [3.05, 3.63) is 0 Å². The highest BCUT2D eigenvalue weighted by molar-refractivity contribution is 4.87. The molecule has 0 aliphatic carbocycles. The Morgan fingerprint density at radius 1 is 1.38 bits per heavy atom. The third-order valence-electron chi connectivity index (χ3n) is 3.41. The zero-order chi connectivity index (χ0) is 9.26. The lowest BCUT2D eigenvalue weighted by atomic mass is 9.91. The van der Waals surface area contributed by atoms with Gasteiger partial charge in [0.25, 0.3) is 0 Å². The summed E-state index contributed by atoms with van der Waals surface area (Å²) in [4.78, 5) is 2.60. The molecule has 0 aromatic carbocycles. The van der Waals surface area contributed by atoms with Crippen LogP contribution in [-0.2, 0) is 4.74 Å². The number of ether oxygens (including phenoxy) is 1. The summed E-state index contributed by atoms with van der Waals surface area (Å²) < 4.78 is 5.65. The molecule has 0 amide bonds. The van der Waals surface area contributed by atoms with Crippen LogP contribution < -0.4 is 0 Å². The van der Waals surface area contributed by atoms with Crippen LogP contribution in [0, 0.1) is 5.92 Å². The Morgan fingerprint density at radius 2 is 2.23 bits per heavy atom. The van der Waals surface area contributed by atoms with Crippen molar-refractivity contribution in [2.75, 3.05) is 19.7 Å². The van der Waals surface area contributed by atoms with Crippen LogP contribution in [-0.4, -0.2) is 36.7 Å². The molecule has 2 heteroatoms. The summed E-state index contributed by atoms with van der Waals surface area (Å²) in [5.74, 6) is 0.815. The molecule has 0 spiro atoms. The Morgan fingerprint density at radius 3 is 2.69 bits per heavy atom. The third-order valence-corrected chi connectivity index (χ3v) is 3.41. The van der Waals surface area contributed by atoms with E-state index in [1.807, 2.05) is 0 Å². The SMILES string of the molecule is CC(C)C1CCN1CC1CCCO1. The van der Waals surface area contributed by atoms with E-state index in [0.717, 1.165) is 18.6 Å². The molecule has 0 N–H and O–H groups in total. The van der Waals surface area contributed by atoms with Crippen LogP contribution in [0.4, 0.5) is 0 Å². The summed E-state index contributed by atoms with van der Waals surface area (Å²) in [5.41, 5.74) is 0. The average molecular weight is 183 g/mol. The van der Waals surface area contributed by atoms with Crippen molar-refractivity contribution in [3.8, 4) is 0 Å². The average Bonchev–Trinajstić information content (AvgIpc) is 2.48. The molecule has 2 unspecified atom stereocenters. The van der Waals surface area contributed by atoms with E-state index in [1.165, 1.54) is 32.4 Å². The van der Waals surface area contributed by atoms with Gasteiger partial charge in [-0.1, -0.05) is 13.8 Å². The van der Waals surface area contributed by atoms with Crippen molar-refractivity contribution in [3.63, 3.8) is 0 Å². The summed E-state index contributed by atoms with van der Waals surface area (Å²) in [6.07, 6.45) is 4.48. The Balaban J connectivity index is 1.75. The fourth-order valence-corrected chi connectivity index (χ4v) is 2.49. The minimum Gasteiger partial charge on any atom is -0.377 e. The van der Waals surface area contributed by atoms with Gasteiger partial charge < -0.3 is 4.74 Å². The molecule has 0 saturated carbocycles. The maximum absolute atomic E-state index is 5.65. The molecule has 0 radical (unpaired) electrons. The van der Waals surface area contributed by atoms with Gasteiger partial charge in [-0.15, -0.1) is 0 Å². The molecule has 2 rings (SSSR count). The van der Waals surface area contributed by atoms with E-state index in [1.54, 1.807) is 0 Å². The molecule has 0 aromatic heterocycles. The van der Waals surface area contributed by atoms with Gasteiger partial charge in [0, 0.05) is 25.7 Å². The van der Waals surface area contributed by atoms with Crippen molar-refractivity contribution in [1.29, 1.82) is 0 Å². The maximum atomic E-state index is 5.65. The second-order valence-electron chi connectivity index (χ2n) is 4.73. The fraction of sp³-hybridized carbons (Fsp3) is 1.00. The number of hydrogen-bond donors (Lipinski definition) is 0. The van der Waals surface area contributed by atoms with E-state index in [-0.39, 0.29) is 0 Å². The normalized spacial score (nSPS) is 35.3. The molecule has 2 aliphatic heterocycles. The van der Waals surface area contributed by atoms with Gasteiger partial charge in [-0.2, -0.15) is 0 Å². The van der Waals surface area contributed by atoms with Gasteiger partial charge in [-0.05, 0) is 25.2 Å². The van der Waals surface area contributed by atoms with Gasteiger partial charge in [0.2, 0.25) is 0 Å². The van der Waals surface area contributed by atoms with Crippen LogP contribution >= 0.6 is 0 Å². The first-order valence-corrected chi connectivity index (χ1v) is 5.63. The van der Waals surface area contributed by atoms with Crippen LogP contribution in [0.5, 0.6) is 0 Å². The van der Waals surface area contributed by atoms with Crippen molar-refractivity contribution in [2.45, 2.75) is 45.3 Å². The molecule has 2 atom stereocenters. The van der Waals surface area contributed by atoms with Gasteiger partial charge in [-0.25, -0.2) is 0 Å². The highest BCUT2D eigenvalue weighted by atomic mass is 16.5. The predicted molar refractivity (Wildman–Crippen MR) is 53.8 cm³/mol. The lowest BCUT2D eigenvalue weighted by molar-refractivity contribution is -0.000482. The van der Waals surface area contributed by atoms with Crippen molar-refractivity contribution in [2.24, 2.45) is 5.92 Å². The topological polar surface area (TPSA) is 12.5 Å². The Kier molecular flexibility index (Phi) is 2.89. The molecular weight excluding hydrogens is 162 g/mol. The van der Waals surface area contributed by atoms with E-state index in [0.29, 0.717) is 6.10 Å². The Labute approximate surface area is 81.3 Å². The smallest absolute Gasteiger partial charge is 0.0702 e. The summed E-state index contributed by atoms with van der Waals surface area (Å²) in [5, 5.41) is 0. The van der Waals surface area contributed by atoms with Crippen molar-refractivity contribution < 1.29 is 4.74 Å². The van der Waals surface area contributed by atoms with Crippen LogP contribution in [0.25, 0.3) is 0 Å². The van der Waals surface area contributed by atoms with Gasteiger partial charge in [-0.3, -0.25) is 4.90 Å². The molecule has 76 valence electrons. The first-order valence-electron chi connectivity index (χ1n) is 5.63. The van der Waals surface area contributed by atoms with E-state index >= 15 is 0 Å². The standard InChI is InChI=1S/C11H21NO/c1-9(2)11-5-6-12(11)8-10-4-3-7-13-10/h9-11H,3-8H2,1-2H3. The van der Waals surface area contributed by atoms with E-state index in [9.17, 15) is 0 Å². The van der Waals surface area contributed by atoms with E-state index < -0.39 is 0 Å². The highest BCUT2D eigenvalue weighted by Crippen LogP contribution is 2.26. The largest absolute Gasteiger partial charge is 0.377 e. The lowest BCUT2D eigenvalue weighted by Crippen LogP contribution is -2.53. The number of nitrogens with zero attached hydrogens (tertiary/aromatic N) is 1. The minimum atomic E-state index is 0.543. The summed E-state index contributed by atoms with van der Waals surface area (Å²) >= 11 is 0. The minimum absolute atomic E-state index is 0.543. The molecule has 0 aromatic rings. The van der Waals surface area contributed by atoms with Gasteiger partial charge in [0.05, 0.1) is 6.10 Å². The van der Waals surface area contributed by atoms with Crippen LogP contribution in [0.15, 0.2) is 0 Å². The van der Waals surface area contributed by atoms with Gasteiger partial charge in [0.15, 0.2) is 0 Å². The first kappa shape index (κ1) is 9.47. The summed E-state index contributed by atoms with van der Waals surface area (Å²) in [6.45, 7) is 8.12. The van der Waals surface area contributed by atoms with Gasteiger partial charge >= 0.3 is 0 Å². The van der Waals surface area contributed by atoms with Gasteiger partial charge in [0.1, 0.15) is 0 Å². The molecule has 2 heterocycles. The summed E-state index contributed by atoms with van der Waals surface area (Å²) in [7, 11) is 0. The van der Waals surface area contributed by atoms with E-state index in [2.05, 4.69) is 18.7 Å². The van der Waals surface area contributed by atoms with E-state index in [4.69, 9.17) is 4.74 Å². The summed E-state index contributed by atoms with van der Waals surface area (Å²) in [6, 6.07) is 0.837. The second-order valence-corrected chi connectivity index (χ2v) is 4.73. The quantitative estimate of drug-likeness (QED) is 0.662. The van der Waals surface area contributed by atoms with Crippen molar-refractivity contribution in [1.82, 2.24) is 4.90 Å². The van der Waals surface area contributed by atoms with Crippen molar-refractivity contribution >= 4 is 0 Å². The fourth-order valence-electron chi connectivity index (χ4n) is 2.49. The lowest BCUT2D eigenvalue weighted by Gasteiger charge is -2.44. The molecule has 2 nitrogen and oxygen atoms in total. The van der Waals surface area contributed by atoms with Crippen LogP contribution in [0.1, 0.15) is 33.1 Å². The molecular formula is C11H21NO. The zero-order valence-corrected chi connectivity index (χ0v) is 8.83. The number of rotatable bonds is 3. The highest BCUT2D eigenvalue weighted by Gasteiger charge is 2.32. The third kappa shape index (κ3) is 2.05. The van der Waals surface area contributed by atoms with Crippen LogP contribution in [0.2, 0.25) is 0 Å². The molecule has 0 bridgehead atoms.